The molecular formula is C25H32O10. The molecule has 5 atom stereocenters. The first-order chi connectivity index (χ1) is 16.8. The maximum Gasteiger partial charge on any atom is 0.229 e. The lowest BCUT2D eigenvalue weighted by Gasteiger charge is -2.39. The molecule has 1 fully saturated rings. The zero-order valence-electron chi connectivity index (χ0n) is 19.8. The van der Waals surface area contributed by atoms with Crippen LogP contribution in [0, 0.1) is 0 Å². The predicted octanol–water partition coefficient (Wildman–Crippen LogP) is 1.46. The van der Waals surface area contributed by atoms with Crippen molar-refractivity contribution in [3.8, 4) is 28.7 Å². The highest BCUT2D eigenvalue weighted by molar-refractivity contribution is 5.73. The van der Waals surface area contributed by atoms with Crippen LogP contribution in [0.4, 0.5) is 0 Å². The van der Waals surface area contributed by atoms with E-state index in [0.29, 0.717) is 17.9 Å². The number of aliphatic hydroxyl groups is 4. The lowest BCUT2D eigenvalue weighted by Crippen LogP contribution is -2.60. The Hall–Kier alpha value is -3.02. The van der Waals surface area contributed by atoms with Crippen molar-refractivity contribution in [3.05, 3.63) is 48.0 Å². The topological polar surface area (TPSA) is 147 Å². The number of hydrogen-bond donors (Lipinski definition) is 5. The van der Waals surface area contributed by atoms with Gasteiger partial charge >= 0.3 is 0 Å². The fourth-order valence-electron chi connectivity index (χ4n) is 3.80. The molecule has 1 aliphatic rings. The minimum absolute atomic E-state index is 0.0602. The lowest BCUT2D eigenvalue weighted by molar-refractivity contribution is -0.277. The fourth-order valence-corrected chi connectivity index (χ4v) is 3.80. The second-order valence-electron chi connectivity index (χ2n) is 7.88. The molecule has 0 amide bonds. The van der Waals surface area contributed by atoms with E-state index in [0.717, 1.165) is 11.1 Å². The summed E-state index contributed by atoms with van der Waals surface area (Å²) in [5.41, 5.74) is 1.71. The molecule has 0 saturated carbocycles. The number of phenols is 1. The van der Waals surface area contributed by atoms with Crippen molar-refractivity contribution >= 4 is 5.57 Å². The number of methoxy groups -OCH3 is 2. The third kappa shape index (κ3) is 5.98. The van der Waals surface area contributed by atoms with Gasteiger partial charge in [0.15, 0.2) is 23.0 Å². The number of allylic oxidation sites excluding steroid dienone is 1. The van der Waals surface area contributed by atoms with Gasteiger partial charge in [0.25, 0.3) is 0 Å². The molecule has 0 bridgehead atoms. The van der Waals surface area contributed by atoms with Crippen LogP contribution < -0.4 is 18.9 Å². The van der Waals surface area contributed by atoms with Gasteiger partial charge in [-0.05, 0) is 36.3 Å². The lowest BCUT2D eigenvalue weighted by atomic mass is 9.99. The molecule has 35 heavy (non-hydrogen) atoms. The molecule has 1 aliphatic heterocycles. The highest BCUT2D eigenvalue weighted by Gasteiger charge is 2.44. The van der Waals surface area contributed by atoms with Crippen LogP contribution in [0.15, 0.2) is 42.5 Å². The van der Waals surface area contributed by atoms with Crippen LogP contribution in [0.1, 0.15) is 18.9 Å². The van der Waals surface area contributed by atoms with Gasteiger partial charge < -0.3 is 49.2 Å². The average Bonchev–Trinajstić information content (AvgIpc) is 2.87. The van der Waals surface area contributed by atoms with Gasteiger partial charge in [-0.15, -0.1) is 0 Å². The Morgan fingerprint density at radius 3 is 2.43 bits per heavy atom. The minimum atomic E-state index is -1.55. The summed E-state index contributed by atoms with van der Waals surface area (Å²) in [5.74, 6) is 1.44. The van der Waals surface area contributed by atoms with Gasteiger partial charge in [-0.3, -0.25) is 0 Å². The number of ether oxygens (including phenoxy) is 5. The zero-order valence-corrected chi connectivity index (χ0v) is 19.8. The monoisotopic (exact) mass is 492 g/mol. The van der Waals surface area contributed by atoms with E-state index in [1.807, 2.05) is 19.1 Å². The summed E-state index contributed by atoms with van der Waals surface area (Å²) < 4.78 is 27.6. The number of rotatable bonds is 10. The Morgan fingerprint density at radius 2 is 1.77 bits per heavy atom. The molecule has 0 spiro atoms. The Bertz CT molecular complexity index is 1010. The molecule has 192 valence electrons. The Morgan fingerprint density at radius 1 is 1.00 bits per heavy atom. The van der Waals surface area contributed by atoms with Gasteiger partial charge in [0.05, 0.1) is 20.8 Å². The van der Waals surface area contributed by atoms with E-state index in [4.69, 9.17) is 23.7 Å². The largest absolute Gasteiger partial charge is 0.504 e. The van der Waals surface area contributed by atoms with Gasteiger partial charge in [0.1, 0.15) is 36.8 Å². The fraction of sp³-hybridized carbons (Fsp3) is 0.440. The van der Waals surface area contributed by atoms with Crippen LogP contribution in [0.2, 0.25) is 0 Å². The van der Waals surface area contributed by atoms with E-state index in [1.54, 1.807) is 30.3 Å². The molecule has 2 aromatic carbocycles. The summed E-state index contributed by atoms with van der Waals surface area (Å²) in [5, 5.41) is 49.5. The summed E-state index contributed by atoms with van der Waals surface area (Å²) in [7, 11) is 2.94. The number of benzene rings is 2. The number of aromatic hydroxyl groups is 1. The number of hydrogen-bond acceptors (Lipinski definition) is 10. The van der Waals surface area contributed by atoms with Gasteiger partial charge in [-0.1, -0.05) is 19.1 Å². The maximum absolute atomic E-state index is 10.2. The number of phenolic OH excluding ortho intramolecular Hbond substituents is 1. The second-order valence-corrected chi connectivity index (χ2v) is 7.88. The molecule has 0 unspecified atom stereocenters. The van der Waals surface area contributed by atoms with Crippen LogP contribution >= 0.6 is 0 Å². The van der Waals surface area contributed by atoms with E-state index < -0.39 is 37.3 Å². The van der Waals surface area contributed by atoms with Crippen LogP contribution in [0.3, 0.4) is 0 Å². The molecule has 1 saturated heterocycles. The van der Waals surface area contributed by atoms with Gasteiger partial charge in [-0.25, -0.2) is 0 Å². The van der Waals surface area contributed by atoms with E-state index in [-0.39, 0.29) is 23.9 Å². The summed E-state index contributed by atoms with van der Waals surface area (Å²) in [4.78, 5) is 0. The van der Waals surface area contributed by atoms with E-state index >= 15 is 0 Å². The van der Waals surface area contributed by atoms with Crippen molar-refractivity contribution in [3.63, 3.8) is 0 Å². The van der Waals surface area contributed by atoms with Crippen molar-refractivity contribution in [1.82, 2.24) is 0 Å². The highest BCUT2D eigenvalue weighted by Crippen LogP contribution is 2.36. The van der Waals surface area contributed by atoms with Crippen molar-refractivity contribution in [2.75, 3.05) is 27.4 Å². The molecule has 1 heterocycles. The smallest absolute Gasteiger partial charge is 0.229 e. The molecule has 10 nitrogen and oxygen atoms in total. The Kier molecular flexibility index (Phi) is 9.19. The molecule has 0 radical (unpaired) electrons. The average molecular weight is 493 g/mol. The Labute approximate surface area is 203 Å². The van der Waals surface area contributed by atoms with Crippen molar-refractivity contribution in [2.24, 2.45) is 0 Å². The normalized spacial score (nSPS) is 24.7. The molecule has 10 heteroatoms. The maximum atomic E-state index is 10.2. The number of aliphatic hydroxyl groups excluding tert-OH is 4. The van der Waals surface area contributed by atoms with Gasteiger partial charge in [0.2, 0.25) is 6.29 Å². The van der Waals surface area contributed by atoms with E-state index in [9.17, 15) is 25.5 Å². The first-order valence-electron chi connectivity index (χ1n) is 11.2. The third-order valence-electron chi connectivity index (χ3n) is 5.73. The van der Waals surface area contributed by atoms with Crippen LogP contribution in [-0.2, 0) is 4.74 Å². The minimum Gasteiger partial charge on any atom is -0.504 e. The highest BCUT2D eigenvalue weighted by atomic mass is 16.7. The van der Waals surface area contributed by atoms with Crippen molar-refractivity contribution in [2.45, 2.75) is 44.1 Å². The summed E-state index contributed by atoms with van der Waals surface area (Å²) in [6.45, 7) is 1.66. The zero-order chi connectivity index (χ0) is 25.5. The van der Waals surface area contributed by atoms with Crippen LogP contribution in [0.5, 0.6) is 28.7 Å². The van der Waals surface area contributed by atoms with Gasteiger partial charge in [-0.2, -0.15) is 0 Å². The summed E-state index contributed by atoms with van der Waals surface area (Å²) >= 11 is 0. The first-order valence-corrected chi connectivity index (χ1v) is 11.2. The summed E-state index contributed by atoms with van der Waals surface area (Å²) in [6.07, 6.45) is -4.41. The molecule has 0 aliphatic carbocycles. The Balaban J connectivity index is 1.71. The molecule has 3 rings (SSSR count). The molecule has 2 aromatic rings. The molecule has 5 N–H and O–H groups in total. The van der Waals surface area contributed by atoms with E-state index in [2.05, 4.69) is 0 Å². The second kappa shape index (κ2) is 12.1. The first kappa shape index (κ1) is 26.6. The van der Waals surface area contributed by atoms with Crippen LogP contribution in [0.25, 0.3) is 5.57 Å². The SMILES string of the molecule is CCC(=CCOc1ccc(O[C@H]2O[C@H](CO)[C@@H](O)[C@H](O)[C@H]2O)c(OC)c1)c1cccc(O)c1OC. The quantitative estimate of drug-likeness (QED) is 0.330. The van der Waals surface area contributed by atoms with Crippen LogP contribution in [-0.4, -0.2) is 83.7 Å². The third-order valence-corrected chi connectivity index (χ3v) is 5.73. The molecule has 0 aromatic heterocycles. The van der Waals surface area contributed by atoms with Crippen molar-refractivity contribution < 1.29 is 49.2 Å². The summed E-state index contributed by atoms with van der Waals surface area (Å²) in [6, 6.07) is 9.95. The predicted molar refractivity (Wildman–Crippen MR) is 126 cm³/mol. The molecular weight excluding hydrogens is 460 g/mol. The van der Waals surface area contributed by atoms with Crippen molar-refractivity contribution in [1.29, 1.82) is 0 Å². The standard InChI is InChI=1S/C25H32O10/c1-4-14(16-6-5-7-17(27)24(16)32-3)10-11-33-15-8-9-18(19(12-15)31-2)34-25-23(30)22(29)21(28)20(13-26)35-25/h5-10,12,20-23,25-30H,4,11,13H2,1-3H3/t20-,21-,22+,23-,25+/m1/s1. The van der Waals surface area contributed by atoms with E-state index in [1.165, 1.54) is 14.2 Å². The number of para-hydroxylation sites is 1. The van der Waals surface area contributed by atoms with Gasteiger partial charge in [0, 0.05) is 11.6 Å².